The van der Waals surface area contributed by atoms with Crippen molar-refractivity contribution in [3.05, 3.63) is 29.6 Å². The average molecular weight is 237 g/mol. The van der Waals surface area contributed by atoms with Crippen molar-refractivity contribution in [1.29, 1.82) is 0 Å². The second-order valence-electron chi connectivity index (χ2n) is 3.46. The first kappa shape index (κ1) is 11.4. The molecule has 16 heavy (non-hydrogen) atoms. The largest absolute Gasteiger partial charge is 0.380 e. The minimum absolute atomic E-state index is 0.210. The Morgan fingerprint density at radius 3 is 2.81 bits per heavy atom. The van der Waals surface area contributed by atoms with Crippen LogP contribution >= 0.6 is 11.3 Å². The number of nitrogens with one attached hydrogen (secondary N) is 1. The molecule has 0 saturated heterocycles. The fourth-order valence-corrected chi connectivity index (χ4v) is 2.31. The maximum atomic E-state index is 5.11. The van der Waals surface area contributed by atoms with E-state index < -0.39 is 0 Å². The lowest BCUT2D eigenvalue weighted by atomic mass is 10.2. The minimum atomic E-state index is -0.210. The van der Waals surface area contributed by atoms with Gasteiger partial charge in [0.05, 0.1) is 6.54 Å². The molecule has 1 N–H and O–H groups in total. The quantitative estimate of drug-likeness (QED) is 0.811. The van der Waals surface area contributed by atoms with Crippen LogP contribution in [-0.2, 0) is 9.47 Å². The van der Waals surface area contributed by atoms with Crippen LogP contribution in [-0.4, -0.2) is 27.1 Å². The predicted octanol–water partition coefficient (Wildman–Crippen LogP) is 2.93. The summed E-state index contributed by atoms with van der Waals surface area (Å²) in [6, 6.07) is 8.45. The summed E-state index contributed by atoms with van der Waals surface area (Å²) >= 11 is 1.75. The molecule has 1 aromatic heterocycles. The number of anilines is 1. The first-order chi connectivity index (χ1) is 7.83. The molecule has 3 nitrogen and oxygen atoms in total. The molecule has 0 unspecified atom stereocenters. The van der Waals surface area contributed by atoms with Gasteiger partial charge in [-0.05, 0) is 35.0 Å². The fraction of sp³-hybridized carbons (Fsp3) is 0.333. The lowest BCUT2D eigenvalue weighted by Gasteiger charge is -2.14. The molecule has 1 aromatic carbocycles. The third kappa shape index (κ3) is 2.52. The Hall–Kier alpha value is -1.10. The van der Waals surface area contributed by atoms with Crippen LogP contribution in [0.25, 0.3) is 10.1 Å². The van der Waals surface area contributed by atoms with E-state index in [2.05, 4.69) is 35.0 Å². The summed E-state index contributed by atoms with van der Waals surface area (Å²) in [4.78, 5) is 0. The Kier molecular flexibility index (Phi) is 3.77. The molecule has 0 aliphatic carbocycles. The zero-order chi connectivity index (χ0) is 11.4. The second-order valence-corrected chi connectivity index (χ2v) is 4.40. The predicted molar refractivity (Wildman–Crippen MR) is 68.1 cm³/mol. The van der Waals surface area contributed by atoms with E-state index in [1.807, 2.05) is 0 Å². The van der Waals surface area contributed by atoms with Crippen LogP contribution in [0.15, 0.2) is 29.6 Å². The van der Waals surface area contributed by atoms with Gasteiger partial charge < -0.3 is 14.8 Å². The summed E-state index contributed by atoms with van der Waals surface area (Å²) < 4.78 is 11.5. The highest BCUT2D eigenvalue weighted by Gasteiger charge is 2.04. The van der Waals surface area contributed by atoms with Crippen molar-refractivity contribution in [2.75, 3.05) is 26.1 Å². The summed E-state index contributed by atoms with van der Waals surface area (Å²) in [5.74, 6) is 0. The SMILES string of the molecule is COC(CNc1ccc2sccc2c1)OC. The van der Waals surface area contributed by atoms with E-state index in [0.29, 0.717) is 6.54 Å². The van der Waals surface area contributed by atoms with Gasteiger partial charge in [-0.25, -0.2) is 0 Å². The van der Waals surface area contributed by atoms with Crippen molar-refractivity contribution in [1.82, 2.24) is 0 Å². The summed E-state index contributed by atoms with van der Waals surface area (Å²) in [6.07, 6.45) is -0.210. The maximum Gasteiger partial charge on any atom is 0.173 e. The normalized spacial score (nSPS) is 11.2. The summed E-state index contributed by atoms with van der Waals surface area (Å²) in [7, 11) is 3.27. The Balaban J connectivity index is 2.03. The zero-order valence-corrected chi connectivity index (χ0v) is 10.2. The van der Waals surface area contributed by atoms with E-state index in [-0.39, 0.29) is 6.29 Å². The van der Waals surface area contributed by atoms with Gasteiger partial charge in [-0.2, -0.15) is 0 Å². The van der Waals surface area contributed by atoms with E-state index in [0.717, 1.165) is 5.69 Å². The molecule has 86 valence electrons. The Bertz CT molecular complexity index is 451. The molecule has 0 aliphatic rings. The van der Waals surface area contributed by atoms with Gasteiger partial charge in [-0.1, -0.05) is 0 Å². The molecular formula is C12H15NO2S. The first-order valence-corrected chi connectivity index (χ1v) is 5.98. The van der Waals surface area contributed by atoms with E-state index in [1.54, 1.807) is 25.6 Å². The van der Waals surface area contributed by atoms with E-state index in [1.165, 1.54) is 10.1 Å². The number of thiophene rings is 1. The number of hydrogen-bond acceptors (Lipinski definition) is 4. The van der Waals surface area contributed by atoms with Crippen LogP contribution < -0.4 is 5.32 Å². The number of fused-ring (bicyclic) bond motifs is 1. The molecule has 1 heterocycles. The lowest BCUT2D eigenvalue weighted by molar-refractivity contribution is -0.0914. The highest BCUT2D eigenvalue weighted by Crippen LogP contribution is 2.23. The van der Waals surface area contributed by atoms with Crippen LogP contribution in [0.5, 0.6) is 0 Å². The van der Waals surface area contributed by atoms with E-state index >= 15 is 0 Å². The number of benzene rings is 1. The smallest absolute Gasteiger partial charge is 0.173 e. The number of rotatable bonds is 5. The molecule has 0 bridgehead atoms. The van der Waals surface area contributed by atoms with Crippen molar-refractivity contribution in [3.63, 3.8) is 0 Å². The molecule has 2 aromatic rings. The maximum absolute atomic E-state index is 5.11. The third-order valence-electron chi connectivity index (χ3n) is 2.45. The molecule has 0 radical (unpaired) electrons. The van der Waals surface area contributed by atoms with Gasteiger partial charge in [-0.3, -0.25) is 0 Å². The number of ether oxygens (including phenoxy) is 2. The lowest BCUT2D eigenvalue weighted by Crippen LogP contribution is -2.23. The van der Waals surface area contributed by atoms with Crippen molar-refractivity contribution in [3.8, 4) is 0 Å². The molecule has 0 spiro atoms. The van der Waals surface area contributed by atoms with Gasteiger partial charge in [0.25, 0.3) is 0 Å². The van der Waals surface area contributed by atoms with Crippen molar-refractivity contribution < 1.29 is 9.47 Å². The van der Waals surface area contributed by atoms with Crippen molar-refractivity contribution >= 4 is 27.1 Å². The van der Waals surface area contributed by atoms with Crippen molar-refractivity contribution in [2.24, 2.45) is 0 Å². The van der Waals surface area contributed by atoms with Crippen LogP contribution in [0.2, 0.25) is 0 Å². The molecule has 0 fully saturated rings. The third-order valence-corrected chi connectivity index (χ3v) is 3.35. The Morgan fingerprint density at radius 1 is 1.25 bits per heavy atom. The molecule has 4 heteroatoms. The summed E-state index contributed by atoms with van der Waals surface area (Å²) in [5.41, 5.74) is 1.09. The van der Waals surface area contributed by atoms with Crippen LogP contribution in [0, 0.1) is 0 Å². The first-order valence-electron chi connectivity index (χ1n) is 5.10. The monoisotopic (exact) mass is 237 g/mol. The average Bonchev–Trinajstić information content (AvgIpc) is 2.77. The van der Waals surface area contributed by atoms with E-state index in [9.17, 15) is 0 Å². The van der Waals surface area contributed by atoms with Gasteiger partial charge >= 0.3 is 0 Å². The topological polar surface area (TPSA) is 30.5 Å². The van der Waals surface area contributed by atoms with Crippen LogP contribution in [0.4, 0.5) is 5.69 Å². The van der Waals surface area contributed by atoms with Gasteiger partial charge in [0.2, 0.25) is 0 Å². The highest BCUT2D eigenvalue weighted by atomic mass is 32.1. The highest BCUT2D eigenvalue weighted by molar-refractivity contribution is 7.17. The van der Waals surface area contributed by atoms with Crippen molar-refractivity contribution in [2.45, 2.75) is 6.29 Å². The summed E-state index contributed by atoms with van der Waals surface area (Å²) in [5, 5.41) is 6.65. The van der Waals surface area contributed by atoms with Gasteiger partial charge in [-0.15, -0.1) is 11.3 Å². The Morgan fingerprint density at radius 2 is 2.06 bits per heavy atom. The molecule has 0 saturated carbocycles. The van der Waals surface area contributed by atoms with E-state index in [4.69, 9.17) is 9.47 Å². The van der Waals surface area contributed by atoms with Crippen LogP contribution in [0.1, 0.15) is 0 Å². The summed E-state index contributed by atoms with van der Waals surface area (Å²) in [6.45, 7) is 0.642. The second kappa shape index (κ2) is 5.30. The fourth-order valence-electron chi connectivity index (χ4n) is 1.54. The van der Waals surface area contributed by atoms with Crippen LogP contribution in [0.3, 0.4) is 0 Å². The molecule has 0 amide bonds. The van der Waals surface area contributed by atoms with Gasteiger partial charge in [0.15, 0.2) is 6.29 Å². The number of hydrogen-bond donors (Lipinski definition) is 1. The molecule has 0 atom stereocenters. The molecular weight excluding hydrogens is 222 g/mol. The minimum Gasteiger partial charge on any atom is -0.380 e. The Labute approximate surface area is 99.0 Å². The zero-order valence-electron chi connectivity index (χ0n) is 9.40. The van der Waals surface area contributed by atoms with Gasteiger partial charge in [0, 0.05) is 24.6 Å². The number of methoxy groups -OCH3 is 2. The molecule has 2 rings (SSSR count). The standard InChI is InChI=1S/C12H15NO2S/c1-14-12(15-2)8-13-10-3-4-11-9(7-10)5-6-16-11/h3-7,12-13H,8H2,1-2H3. The molecule has 0 aliphatic heterocycles. The van der Waals surface area contributed by atoms with Gasteiger partial charge in [0.1, 0.15) is 0 Å².